The maximum atomic E-state index is 13.0. The van der Waals surface area contributed by atoms with E-state index in [1.165, 1.54) is 5.57 Å². The predicted octanol–water partition coefficient (Wildman–Crippen LogP) is 5.77. The highest BCUT2D eigenvalue weighted by atomic mass is 16.4. The molecule has 4 nitrogen and oxygen atoms in total. The first-order valence-corrected chi connectivity index (χ1v) is 10.5. The molecule has 1 N–H and O–H groups in total. The normalized spacial score (nSPS) is 11.9. The molecule has 0 radical (unpaired) electrons. The van der Waals surface area contributed by atoms with Crippen molar-refractivity contribution in [2.45, 2.75) is 58.8 Å². The van der Waals surface area contributed by atoms with E-state index in [0.29, 0.717) is 6.42 Å². The second-order valence-corrected chi connectivity index (χ2v) is 7.64. The molecule has 4 heteroatoms. The lowest BCUT2D eigenvalue weighted by molar-refractivity contribution is -0.137. The maximum absolute atomic E-state index is 13.0. The number of fused-ring (bicyclic) bond motifs is 1. The van der Waals surface area contributed by atoms with Crippen molar-refractivity contribution in [1.29, 1.82) is 0 Å². The van der Waals surface area contributed by atoms with Gasteiger partial charge in [0.15, 0.2) is 5.78 Å². The predicted molar refractivity (Wildman–Crippen MR) is 123 cm³/mol. The smallest absolute Gasteiger partial charge is 0.303 e. The summed E-state index contributed by atoms with van der Waals surface area (Å²) in [6.07, 6.45) is 15.4. The summed E-state index contributed by atoms with van der Waals surface area (Å²) in [5, 5.41) is 9.86. The van der Waals surface area contributed by atoms with Gasteiger partial charge in [0, 0.05) is 42.0 Å². The van der Waals surface area contributed by atoms with Crippen LogP contribution in [-0.4, -0.2) is 21.4 Å². The van der Waals surface area contributed by atoms with E-state index in [-0.39, 0.29) is 18.6 Å². The van der Waals surface area contributed by atoms with Gasteiger partial charge in [-0.05, 0) is 64.2 Å². The summed E-state index contributed by atoms with van der Waals surface area (Å²) in [7, 11) is 2.01. The van der Waals surface area contributed by atoms with Crippen molar-refractivity contribution in [3.63, 3.8) is 0 Å². The number of aliphatic carboxylic acids is 1. The number of aromatic nitrogens is 1. The average molecular weight is 406 g/mol. The van der Waals surface area contributed by atoms with Crippen LogP contribution in [-0.2, 0) is 18.3 Å². The number of carboxylic acid groups (broad SMARTS) is 1. The van der Waals surface area contributed by atoms with E-state index in [9.17, 15) is 9.59 Å². The van der Waals surface area contributed by atoms with Gasteiger partial charge in [-0.1, -0.05) is 35.3 Å². The summed E-state index contributed by atoms with van der Waals surface area (Å²) in [4.78, 5) is 23.9. The van der Waals surface area contributed by atoms with Gasteiger partial charge >= 0.3 is 5.97 Å². The minimum absolute atomic E-state index is 0.0160. The third-order valence-electron chi connectivity index (χ3n) is 5.44. The monoisotopic (exact) mass is 405 g/mol. The highest BCUT2D eigenvalue weighted by Gasteiger charge is 2.21. The Labute approximate surface area is 179 Å². The van der Waals surface area contributed by atoms with Gasteiger partial charge in [0.05, 0.1) is 0 Å². The third-order valence-corrected chi connectivity index (χ3v) is 5.44. The molecule has 0 unspecified atom stereocenters. The molecule has 0 aliphatic carbocycles. The number of carboxylic acids is 1. The van der Waals surface area contributed by atoms with Crippen molar-refractivity contribution in [2.75, 3.05) is 0 Å². The molecule has 1 heterocycles. The van der Waals surface area contributed by atoms with Crippen LogP contribution in [0.2, 0.25) is 0 Å². The minimum Gasteiger partial charge on any atom is -0.481 e. The molecule has 30 heavy (non-hydrogen) atoms. The topological polar surface area (TPSA) is 59.3 Å². The first-order valence-electron chi connectivity index (χ1n) is 10.5. The molecule has 0 amide bonds. The SMILES string of the molecule is C#C/C=C\C(=C/C)CCCCc1c(C(=O)CCCC(=O)O)c2cc(C)ccc2n1C. The molecular formula is C26H31NO3. The lowest BCUT2D eigenvalue weighted by atomic mass is 9.98. The van der Waals surface area contributed by atoms with Crippen molar-refractivity contribution in [1.82, 2.24) is 4.57 Å². The number of hydrogen-bond donors (Lipinski definition) is 1. The zero-order valence-corrected chi connectivity index (χ0v) is 18.2. The molecule has 0 spiro atoms. The van der Waals surface area contributed by atoms with Crippen LogP contribution in [0.4, 0.5) is 0 Å². The van der Waals surface area contributed by atoms with Crippen molar-refractivity contribution < 1.29 is 14.7 Å². The highest BCUT2D eigenvalue weighted by molar-refractivity contribution is 6.09. The molecule has 158 valence electrons. The maximum Gasteiger partial charge on any atom is 0.303 e. The number of allylic oxidation sites excluding steroid dienone is 4. The number of terminal acetylenes is 1. The second kappa shape index (κ2) is 11.2. The number of unbranched alkanes of at least 4 members (excludes halogenated alkanes) is 1. The fourth-order valence-corrected chi connectivity index (χ4v) is 3.84. The van der Waals surface area contributed by atoms with E-state index in [4.69, 9.17) is 11.5 Å². The summed E-state index contributed by atoms with van der Waals surface area (Å²) in [5.41, 5.74) is 5.17. The Bertz CT molecular complexity index is 1020. The third kappa shape index (κ3) is 5.97. The molecule has 0 aliphatic rings. The van der Waals surface area contributed by atoms with E-state index in [1.54, 1.807) is 6.08 Å². The van der Waals surface area contributed by atoms with Gasteiger partial charge in [-0.3, -0.25) is 9.59 Å². The number of carbonyl (C=O) groups excluding carboxylic acids is 1. The first-order chi connectivity index (χ1) is 14.4. The number of hydrogen-bond acceptors (Lipinski definition) is 2. The standard InChI is InChI=1S/C26H31NO3/c1-5-7-11-20(6-2)12-8-9-13-23-26(24(28)14-10-15-25(29)30)21-18-19(3)16-17-22(21)27(23)4/h1,6-7,11,16-18H,8-10,12-15H2,2-4H3,(H,29,30)/b11-7-,20-6+. The molecular weight excluding hydrogens is 374 g/mol. The summed E-state index contributed by atoms with van der Waals surface area (Å²) in [6, 6.07) is 6.18. The van der Waals surface area contributed by atoms with E-state index in [2.05, 4.69) is 34.8 Å². The van der Waals surface area contributed by atoms with E-state index < -0.39 is 5.97 Å². The van der Waals surface area contributed by atoms with E-state index in [1.807, 2.05) is 27.0 Å². The summed E-state index contributed by atoms with van der Waals surface area (Å²) in [5.74, 6) is 1.69. The molecule has 0 fully saturated rings. The number of ketones is 1. The fraction of sp³-hybridized carbons (Fsp3) is 0.385. The Kier molecular flexibility index (Phi) is 8.68. The molecule has 2 rings (SSSR count). The van der Waals surface area contributed by atoms with E-state index in [0.717, 1.165) is 53.4 Å². The molecule has 1 aromatic carbocycles. The van der Waals surface area contributed by atoms with Crippen molar-refractivity contribution >= 4 is 22.7 Å². The van der Waals surface area contributed by atoms with Crippen molar-refractivity contribution in [3.8, 4) is 12.3 Å². The van der Waals surface area contributed by atoms with Gasteiger partial charge in [0.2, 0.25) is 0 Å². The quantitative estimate of drug-likeness (QED) is 0.223. The molecule has 1 aromatic heterocycles. The summed E-state index contributed by atoms with van der Waals surface area (Å²) in [6.45, 7) is 4.03. The van der Waals surface area contributed by atoms with Crippen molar-refractivity contribution in [3.05, 3.63) is 58.8 Å². The molecule has 0 saturated heterocycles. The summed E-state index contributed by atoms with van der Waals surface area (Å²) < 4.78 is 2.12. The molecule has 0 saturated carbocycles. The Morgan fingerprint density at radius 3 is 2.60 bits per heavy atom. The Hall–Kier alpha value is -3.06. The number of benzene rings is 1. The van der Waals surface area contributed by atoms with Crippen LogP contribution in [0.5, 0.6) is 0 Å². The summed E-state index contributed by atoms with van der Waals surface area (Å²) >= 11 is 0. The van der Waals surface area contributed by atoms with Gasteiger partial charge in [-0.15, -0.1) is 6.42 Å². The van der Waals surface area contributed by atoms with Crippen LogP contribution in [0, 0.1) is 19.3 Å². The average Bonchev–Trinajstić information content (AvgIpc) is 2.98. The van der Waals surface area contributed by atoms with Crippen molar-refractivity contribution in [2.24, 2.45) is 7.05 Å². The molecule has 0 aliphatic heterocycles. The molecule has 0 atom stereocenters. The Morgan fingerprint density at radius 1 is 1.17 bits per heavy atom. The zero-order chi connectivity index (χ0) is 22.1. The number of nitrogens with zero attached hydrogens (tertiary/aromatic N) is 1. The van der Waals surface area contributed by atoms with Gasteiger partial charge in [0.1, 0.15) is 0 Å². The van der Waals surface area contributed by atoms with Gasteiger partial charge < -0.3 is 9.67 Å². The zero-order valence-electron chi connectivity index (χ0n) is 18.2. The Balaban J connectivity index is 2.22. The largest absolute Gasteiger partial charge is 0.481 e. The fourth-order valence-electron chi connectivity index (χ4n) is 3.84. The van der Waals surface area contributed by atoms with E-state index >= 15 is 0 Å². The van der Waals surface area contributed by atoms with Gasteiger partial charge in [0.25, 0.3) is 0 Å². The Morgan fingerprint density at radius 2 is 1.93 bits per heavy atom. The highest BCUT2D eigenvalue weighted by Crippen LogP contribution is 2.29. The number of rotatable bonds is 11. The van der Waals surface area contributed by atoms with Crippen LogP contribution in [0.25, 0.3) is 10.9 Å². The van der Waals surface area contributed by atoms with Crippen LogP contribution >= 0.6 is 0 Å². The number of Topliss-reactive ketones (excluding diaryl/α,β-unsaturated/α-hetero) is 1. The molecule has 0 bridgehead atoms. The lowest BCUT2D eigenvalue weighted by Crippen LogP contribution is -2.07. The van der Waals surface area contributed by atoms with Crippen LogP contribution in [0.1, 0.15) is 67.1 Å². The molecule has 2 aromatic rings. The van der Waals surface area contributed by atoms with Crippen LogP contribution in [0.3, 0.4) is 0 Å². The van der Waals surface area contributed by atoms with Crippen LogP contribution < -0.4 is 0 Å². The minimum atomic E-state index is -0.865. The number of aryl methyl sites for hydroxylation is 2. The van der Waals surface area contributed by atoms with Gasteiger partial charge in [-0.25, -0.2) is 0 Å². The van der Waals surface area contributed by atoms with Gasteiger partial charge in [-0.2, -0.15) is 0 Å². The second-order valence-electron chi connectivity index (χ2n) is 7.64. The lowest BCUT2D eigenvalue weighted by Gasteiger charge is -2.08. The number of carbonyl (C=O) groups is 2. The van der Waals surface area contributed by atoms with Crippen LogP contribution in [0.15, 0.2) is 42.0 Å². The first kappa shape index (κ1) is 23.2.